The molecule has 2 aromatic heterocycles. The maximum absolute atomic E-state index is 13.3. The van der Waals surface area contributed by atoms with Crippen LogP contribution in [0.5, 0.6) is 0 Å². The molecular formula is C17H12ClFN4S. The second-order valence-electron chi connectivity index (χ2n) is 5.11. The topological polar surface area (TPSA) is 61.6 Å². The first kappa shape index (κ1) is 16.4. The van der Waals surface area contributed by atoms with Gasteiger partial charge >= 0.3 is 0 Å². The number of nitrogens with one attached hydrogen (secondary N) is 1. The fourth-order valence-electron chi connectivity index (χ4n) is 2.10. The highest BCUT2D eigenvalue weighted by molar-refractivity contribution is 7.10. The summed E-state index contributed by atoms with van der Waals surface area (Å²) in [6.07, 6.45) is 1.52. The van der Waals surface area contributed by atoms with Crippen LogP contribution in [0.15, 0.2) is 41.9 Å². The molecule has 0 saturated heterocycles. The predicted octanol–water partition coefficient (Wildman–Crippen LogP) is 5.04. The number of pyridine rings is 1. The van der Waals surface area contributed by atoms with Gasteiger partial charge < -0.3 is 5.32 Å². The van der Waals surface area contributed by atoms with Crippen molar-refractivity contribution < 1.29 is 4.39 Å². The van der Waals surface area contributed by atoms with E-state index in [-0.39, 0.29) is 11.1 Å². The first-order chi connectivity index (χ1) is 11.6. The Morgan fingerprint density at radius 3 is 2.83 bits per heavy atom. The van der Waals surface area contributed by atoms with Crippen molar-refractivity contribution in [3.05, 3.63) is 63.3 Å². The molecule has 3 aromatic rings. The lowest BCUT2D eigenvalue weighted by atomic mass is 10.2. The molecule has 0 spiro atoms. The van der Waals surface area contributed by atoms with E-state index in [0.717, 1.165) is 16.3 Å². The number of rotatable bonds is 4. The molecule has 1 aromatic carbocycles. The maximum Gasteiger partial charge on any atom is 0.141 e. The van der Waals surface area contributed by atoms with Gasteiger partial charge in [-0.25, -0.2) is 14.4 Å². The monoisotopic (exact) mass is 358 g/mol. The fourth-order valence-corrected chi connectivity index (χ4v) is 3.12. The number of hydrogen-bond acceptors (Lipinski definition) is 5. The summed E-state index contributed by atoms with van der Waals surface area (Å²) in [5, 5.41) is 14.9. The average molecular weight is 359 g/mol. The Labute approximate surface area is 147 Å². The van der Waals surface area contributed by atoms with Crippen LogP contribution >= 0.6 is 22.9 Å². The van der Waals surface area contributed by atoms with Crippen LogP contribution < -0.4 is 5.32 Å². The molecule has 0 radical (unpaired) electrons. The summed E-state index contributed by atoms with van der Waals surface area (Å²) >= 11 is 7.32. The molecule has 7 heteroatoms. The van der Waals surface area contributed by atoms with E-state index in [1.165, 1.54) is 23.6 Å². The zero-order chi connectivity index (χ0) is 17.1. The summed E-state index contributed by atoms with van der Waals surface area (Å²) in [5.41, 5.74) is 2.03. The smallest absolute Gasteiger partial charge is 0.141 e. The summed E-state index contributed by atoms with van der Waals surface area (Å²) in [7, 11) is 0. The predicted molar refractivity (Wildman–Crippen MR) is 93.5 cm³/mol. The Bertz CT molecular complexity index is 902. The quantitative estimate of drug-likeness (QED) is 0.709. The molecule has 0 aliphatic heterocycles. The average Bonchev–Trinajstić information content (AvgIpc) is 3.08. The van der Waals surface area contributed by atoms with E-state index in [1.54, 1.807) is 24.3 Å². The van der Waals surface area contributed by atoms with E-state index >= 15 is 0 Å². The van der Waals surface area contributed by atoms with E-state index in [0.29, 0.717) is 11.4 Å². The molecule has 1 N–H and O–H groups in total. The Morgan fingerprint density at radius 2 is 2.17 bits per heavy atom. The molecular weight excluding hydrogens is 347 g/mol. The highest BCUT2D eigenvalue weighted by Crippen LogP contribution is 2.29. The van der Waals surface area contributed by atoms with Gasteiger partial charge in [-0.1, -0.05) is 11.6 Å². The highest BCUT2D eigenvalue weighted by Gasteiger charge is 2.13. The molecule has 0 bridgehead atoms. The van der Waals surface area contributed by atoms with Gasteiger partial charge in [-0.15, -0.1) is 11.3 Å². The highest BCUT2D eigenvalue weighted by atomic mass is 35.5. The van der Waals surface area contributed by atoms with E-state index in [4.69, 9.17) is 16.9 Å². The third-order valence-corrected chi connectivity index (χ3v) is 4.68. The molecule has 120 valence electrons. The van der Waals surface area contributed by atoms with E-state index in [1.807, 2.05) is 18.4 Å². The van der Waals surface area contributed by atoms with Crippen molar-refractivity contribution in [2.45, 2.75) is 13.0 Å². The Balaban J connectivity index is 1.76. The fraction of sp³-hybridized carbons (Fsp3) is 0.118. The van der Waals surface area contributed by atoms with Crippen molar-refractivity contribution in [2.75, 3.05) is 5.32 Å². The van der Waals surface area contributed by atoms with Crippen LogP contribution in [-0.4, -0.2) is 9.97 Å². The van der Waals surface area contributed by atoms with Crippen LogP contribution in [0.2, 0.25) is 5.02 Å². The molecule has 3 rings (SSSR count). The lowest BCUT2D eigenvalue weighted by Gasteiger charge is -2.11. The molecule has 0 unspecified atom stereocenters. The SMILES string of the molecule is C[C@@H](Nc1ccc(C#N)cn1)c1nc(-c2ccc(F)c(Cl)c2)cs1. The molecule has 2 heterocycles. The number of anilines is 1. The van der Waals surface area contributed by atoms with Crippen LogP contribution in [0.4, 0.5) is 10.2 Å². The summed E-state index contributed by atoms with van der Waals surface area (Å²) in [4.78, 5) is 8.76. The van der Waals surface area contributed by atoms with Gasteiger partial charge in [-0.2, -0.15) is 5.26 Å². The summed E-state index contributed by atoms with van der Waals surface area (Å²) in [6, 6.07) is 9.98. The maximum atomic E-state index is 13.3. The number of benzene rings is 1. The lowest BCUT2D eigenvalue weighted by Crippen LogP contribution is -2.07. The van der Waals surface area contributed by atoms with Crippen molar-refractivity contribution in [3.8, 4) is 17.3 Å². The third kappa shape index (κ3) is 3.53. The first-order valence-electron chi connectivity index (χ1n) is 7.10. The molecule has 0 amide bonds. The van der Waals surface area contributed by atoms with E-state index < -0.39 is 5.82 Å². The number of nitrogens with zero attached hydrogens (tertiary/aromatic N) is 3. The Hall–Kier alpha value is -2.49. The minimum absolute atomic E-state index is 0.0555. The van der Waals surface area contributed by atoms with Gasteiger partial charge in [-0.3, -0.25) is 0 Å². The first-order valence-corrected chi connectivity index (χ1v) is 8.36. The molecule has 0 aliphatic carbocycles. The van der Waals surface area contributed by atoms with Gasteiger partial charge in [0.2, 0.25) is 0 Å². The molecule has 1 atom stereocenters. The van der Waals surface area contributed by atoms with Gasteiger partial charge in [0, 0.05) is 17.1 Å². The Morgan fingerprint density at radius 1 is 1.33 bits per heavy atom. The molecule has 4 nitrogen and oxygen atoms in total. The van der Waals surface area contributed by atoms with Gasteiger partial charge in [0.05, 0.1) is 22.3 Å². The summed E-state index contributed by atoms with van der Waals surface area (Å²) in [6.45, 7) is 1.97. The van der Waals surface area contributed by atoms with Crippen molar-refractivity contribution in [3.63, 3.8) is 0 Å². The van der Waals surface area contributed by atoms with Crippen LogP contribution in [0, 0.1) is 17.1 Å². The van der Waals surface area contributed by atoms with Gasteiger partial charge in [-0.05, 0) is 37.3 Å². The third-order valence-electron chi connectivity index (χ3n) is 3.36. The molecule has 0 fully saturated rings. The van der Waals surface area contributed by atoms with Crippen molar-refractivity contribution in [1.82, 2.24) is 9.97 Å². The van der Waals surface area contributed by atoms with Gasteiger partial charge in [0.1, 0.15) is 22.7 Å². The lowest BCUT2D eigenvalue weighted by molar-refractivity contribution is 0.628. The van der Waals surface area contributed by atoms with Crippen LogP contribution in [0.3, 0.4) is 0 Å². The van der Waals surface area contributed by atoms with Gasteiger partial charge in [0.15, 0.2) is 0 Å². The molecule has 24 heavy (non-hydrogen) atoms. The number of aromatic nitrogens is 2. The minimum Gasteiger partial charge on any atom is -0.361 e. The van der Waals surface area contributed by atoms with Crippen LogP contribution in [-0.2, 0) is 0 Å². The number of nitriles is 1. The number of thiazole rings is 1. The van der Waals surface area contributed by atoms with Gasteiger partial charge in [0.25, 0.3) is 0 Å². The number of halogens is 2. The van der Waals surface area contributed by atoms with Crippen molar-refractivity contribution in [2.24, 2.45) is 0 Å². The Kier molecular flexibility index (Phi) is 4.74. The van der Waals surface area contributed by atoms with Crippen LogP contribution in [0.1, 0.15) is 23.5 Å². The number of hydrogen-bond donors (Lipinski definition) is 1. The largest absolute Gasteiger partial charge is 0.361 e. The second kappa shape index (κ2) is 6.95. The standard InChI is InChI=1S/C17H12ClFN4S/c1-10(22-16-5-2-11(7-20)8-21-16)17-23-15(9-24-17)12-3-4-14(19)13(18)6-12/h2-6,8-10H,1H3,(H,21,22)/t10-/m1/s1. The van der Waals surface area contributed by atoms with Crippen molar-refractivity contribution in [1.29, 1.82) is 5.26 Å². The zero-order valence-electron chi connectivity index (χ0n) is 12.6. The normalized spacial score (nSPS) is 11.8. The zero-order valence-corrected chi connectivity index (χ0v) is 14.2. The molecule has 0 aliphatic rings. The van der Waals surface area contributed by atoms with Crippen LogP contribution in [0.25, 0.3) is 11.3 Å². The molecule has 0 saturated carbocycles. The summed E-state index contributed by atoms with van der Waals surface area (Å²) in [5.74, 6) is 0.223. The van der Waals surface area contributed by atoms with E-state index in [2.05, 4.69) is 15.3 Å². The second-order valence-corrected chi connectivity index (χ2v) is 6.41. The summed E-state index contributed by atoms with van der Waals surface area (Å²) < 4.78 is 13.3. The minimum atomic E-state index is -0.446. The van der Waals surface area contributed by atoms with E-state index in [9.17, 15) is 4.39 Å². The van der Waals surface area contributed by atoms with Crippen molar-refractivity contribution >= 4 is 28.8 Å².